The second-order valence-corrected chi connectivity index (χ2v) is 6.10. The fourth-order valence-electron chi connectivity index (χ4n) is 2.17. The van der Waals surface area contributed by atoms with Crippen molar-refractivity contribution < 1.29 is 10.0 Å². The van der Waals surface area contributed by atoms with Gasteiger partial charge in [-0.15, -0.1) is 0 Å². The van der Waals surface area contributed by atoms with Crippen molar-refractivity contribution in [3.05, 3.63) is 28.8 Å². The molecule has 1 aromatic carbocycles. The Bertz CT molecular complexity index is 547. The minimum absolute atomic E-state index is 0.0491. The molecule has 1 aliphatic heterocycles. The summed E-state index contributed by atoms with van der Waals surface area (Å²) in [6.07, 6.45) is 0.520. The second kappa shape index (κ2) is 4.85. The Morgan fingerprint density at radius 1 is 1.42 bits per heavy atom. The van der Waals surface area contributed by atoms with Crippen LogP contribution in [0.3, 0.4) is 0 Å². The quantitative estimate of drug-likeness (QED) is 0.585. The molecule has 4 nitrogen and oxygen atoms in total. The Morgan fingerprint density at radius 2 is 2.11 bits per heavy atom. The first-order valence-corrected chi connectivity index (χ1v) is 6.55. The van der Waals surface area contributed by atoms with Gasteiger partial charge in [0, 0.05) is 29.0 Å². The van der Waals surface area contributed by atoms with Crippen molar-refractivity contribution in [2.24, 2.45) is 10.6 Å². The number of hydrogen-bond donors (Lipinski definition) is 1. The van der Waals surface area contributed by atoms with Gasteiger partial charge in [0.15, 0.2) is 0 Å². The van der Waals surface area contributed by atoms with Crippen molar-refractivity contribution in [2.75, 3.05) is 11.4 Å². The minimum atomic E-state index is -0.454. The summed E-state index contributed by atoms with van der Waals surface area (Å²) in [5.41, 5.74) is 1.59. The number of fused-ring (bicyclic) bond motifs is 1. The van der Waals surface area contributed by atoms with Gasteiger partial charge in [-0.05, 0) is 18.2 Å². The van der Waals surface area contributed by atoms with Gasteiger partial charge in [-0.25, -0.2) is 0 Å². The van der Waals surface area contributed by atoms with Gasteiger partial charge in [-0.1, -0.05) is 37.5 Å². The van der Waals surface area contributed by atoms with Gasteiger partial charge in [0.2, 0.25) is 5.91 Å². The monoisotopic (exact) mass is 280 g/mol. The lowest BCUT2D eigenvalue weighted by Crippen LogP contribution is -2.43. The van der Waals surface area contributed by atoms with E-state index < -0.39 is 5.41 Å². The molecule has 102 valence electrons. The number of halogens is 1. The summed E-state index contributed by atoms with van der Waals surface area (Å²) in [6, 6.07) is 5.27. The molecule has 0 saturated heterocycles. The minimum Gasteiger partial charge on any atom is -0.411 e. The SMILES string of the molecule is CC(C)(C)C(=O)N1CCC(=NO)c2cc(Cl)ccc21. The van der Waals surface area contributed by atoms with Crippen molar-refractivity contribution in [1.29, 1.82) is 0 Å². The normalized spacial score (nSPS) is 17.5. The van der Waals surface area contributed by atoms with Crippen LogP contribution in [0.5, 0.6) is 0 Å². The van der Waals surface area contributed by atoms with Crippen molar-refractivity contribution in [3.63, 3.8) is 0 Å². The maximum atomic E-state index is 12.5. The molecule has 2 rings (SSSR count). The molecule has 0 unspecified atom stereocenters. The molecule has 0 radical (unpaired) electrons. The predicted octanol–water partition coefficient (Wildman–Crippen LogP) is 3.30. The molecule has 1 heterocycles. The molecule has 0 atom stereocenters. The molecule has 0 saturated carbocycles. The molecule has 1 N–H and O–H groups in total. The van der Waals surface area contributed by atoms with Crippen LogP contribution in [0.2, 0.25) is 5.02 Å². The van der Waals surface area contributed by atoms with Crippen molar-refractivity contribution in [3.8, 4) is 0 Å². The van der Waals surface area contributed by atoms with Crippen LogP contribution in [0.1, 0.15) is 32.8 Å². The van der Waals surface area contributed by atoms with Crippen LogP contribution >= 0.6 is 11.6 Å². The van der Waals surface area contributed by atoms with E-state index in [0.717, 1.165) is 11.3 Å². The Labute approximate surface area is 117 Å². The first kappa shape index (κ1) is 13.9. The lowest BCUT2D eigenvalue weighted by Gasteiger charge is -2.34. The van der Waals surface area contributed by atoms with Crippen LogP contribution in [-0.4, -0.2) is 23.4 Å². The lowest BCUT2D eigenvalue weighted by molar-refractivity contribution is -0.125. The van der Waals surface area contributed by atoms with Crippen molar-refractivity contribution in [2.45, 2.75) is 27.2 Å². The molecule has 0 aliphatic carbocycles. The third-order valence-electron chi connectivity index (χ3n) is 3.14. The van der Waals surface area contributed by atoms with E-state index in [1.165, 1.54) is 0 Å². The van der Waals surface area contributed by atoms with Crippen LogP contribution < -0.4 is 4.90 Å². The first-order valence-electron chi connectivity index (χ1n) is 6.17. The van der Waals surface area contributed by atoms with Gasteiger partial charge in [0.05, 0.1) is 11.4 Å². The number of rotatable bonds is 0. The van der Waals surface area contributed by atoms with Crippen molar-refractivity contribution in [1.82, 2.24) is 0 Å². The summed E-state index contributed by atoms with van der Waals surface area (Å²) in [5.74, 6) is 0.0491. The number of oxime groups is 1. The fraction of sp³-hybridized carbons (Fsp3) is 0.429. The number of carbonyl (C=O) groups is 1. The Kier molecular flexibility index (Phi) is 3.54. The molecular formula is C14H17ClN2O2. The van der Waals surface area contributed by atoms with Gasteiger partial charge in [0.25, 0.3) is 0 Å². The fourth-order valence-corrected chi connectivity index (χ4v) is 2.34. The van der Waals surface area contributed by atoms with E-state index >= 15 is 0 Å². The van der Waals surface area contributed by atoms with E-state index in [-0.39, 0.29) is 5.91 Å². The van der Waals surface area contributed by atoms with E-state index in [1.54, 1.807) is 23.1 Å². The summed E-state index contributed by atoms with van der Waals surface area (Å²) in [6.45, 7) is 6.19. The lowest BCUT2D eigenvalue weighted by atomic mass is 9.91. The Balaban J connectivity index is 2.51. The zero-order valence-electron chi connectivity index (χ0n) is 11.3. The van der Waals surface area contributed by atoms with Crippen LogP contribution in [0, 0.1) is 5.41 Å². The largest absolute Gasteiger partial charge is 0.411 e. The number of benzene rings is 1. The Morgan fingerprint density at radius 3 is 2.68 bits per heavy atom. The zero-order chi connectivity index (χ0) is 14.2. The predicted molar refractivity (Wildman–Crippen MR) is 76.2 cm³/mol. The molecule has 1 aromatic rings. The second-order valence-electron chi connectivity index (χ2n) is 5.66. The molecule has 0 spiro atoms. The van der Waals surface area contributed by atoms with Gasteiger partial charge in [-0.3, -0.25) is 4.79 Å². The molecule has 0 aromatic heterocycles. The number of anilines is 1. The highest BCUT2D eigenvalue weighted by Crippen LogP contribution is 2.33. The summed E-state index contributed by atoms with van der Waals surface area (Å²) in [5, 5.41) is 12.9. The van der Waals surface area contributed by atoms with Gasteiger partial charge in [-0.2, -0.15) is 0 Å². The zero-order valence-corrected chi connectivity index (χ0v) is 12.0. The molecule has 0 fully saturated rings. The first-order chi connectivity index (χ1) is 8.84. The third kappa shape index (κ3) is 2.59. The molecule has 5 heteroatoms. The maximum Gasteiger partial charge on any atom is 0.232 e. The maximum absolute atomic E-state index is 12.5. The highest BCUT2D eigenvalue weighted by molar-refractivity contribution is 6.31. The van der Waals surface area contributed by atoms with Crippen LogP contribution in [0.15, 0.2) is 23.4 Å². The molecule has 0 bridgehead atoms. The average molecular weight is 281 g/mol. The van der Waals surface area contributed by atoms with E-state index in [1.807, 2.05) is 20.8 Å². The number of hydrogen-bond acceptors (Lipinski definition) is 3. The molecular weight excluding hydrogens is 264 g/mol. The molecule has 1 amide bonds. The van der Waals surface area contributed by atoms with Gasteiger partial charge < -0.3 is 10.1 Å². The number of carbonyl (C=O) groups excluding carboxylic acids is 1. The van der Waals surface area contributed by atoms with E-state index in [9.17, 15) is 4.79 Å². The molecule has 1 aliphatic rings. The summed E-state index contributed by atoms with van der Waals surface area (Å²) in [4.78, 5) is 14.2. The number of nitrogens with zero attached hydrogens (tertiary/aromatic N) is 2. The van der Waals surface area contributed by atoms with Crippen LogP contribution in [-0.2, 0) is 4.79 Å². The number of amides is 1. The smallest absolute Gasteiger partial charge is 0.232 e. The molecule has 19 heavy (non-hydrogen) atoms. The van der Waals surface area contributed by atoms with Gasteiger partial charge in [0.1, 0.15) is 0 Å². The standard InChI is InChI=1S/C14H17ClN2O2/c1-14(2,3)13(18)17-7-6-11(16-19)10-8-9(15)4-5-12(10)17/h4-5,8,19H,6-7H2,1-3H3. The van der Waals surface area contributed by atoms with Gasteiger partial charge >= 0.3 is 0 Å². The van der Waals surface area contributed by atoms with Crippen molar-refractivity contribution >= 4 is 28.9 Å². The van der Waals surface area contributed by atoms with Crippen LogP contribution in [0.4, 0.5) is 5.69 Å². The third-order valence-corrected chi connectivity index (χ3v) is 3.38. The van der Waals surface area contributed by atoms with E-state index in [4.69, 9.17) is 16.8 Å². The topological polar surface area (TPSA) is 52.9 Å². The summed E-state index contributed by atoms with van der Waals surface area (Å²) in [7, 11) is 0. The highest BCUT2D eigenvalue weighted by atomic mass is 35.5. The Hall–Kier alpha value is -1.55. The average Bonchev–Trinajstić information content (AvgIpc) is 2.35. The highest BCUT2D eigenvalue weighted by Gasteiger charge is 2.32. The summed E-state index contributed by atoms with van der Waals surface area (Å²) < 4.78 is 0. The summed E-state index contributed by atoms with van der Waals surface area (Å²) >= 11 is 5.98. The van der Waals surface area contributed by atoms with E-state index in [0.29, 0.717) is 23.7 Å². The van der Waals surface area contributed by atoms with E-state index in [2.05, 4.69) is 5.16 Å². The van der Waals surface area contributed by atoms with Crippen LogP contribution in [0.25, 0.3) is 0 Å².